The van der Waals surface area contributed by atoms with E-state index in [1.165, 1.54) is 36.8 Å². The Bertz CT molecular complexity index is 538. The van der Waals surface area contributed by atoms with Crippen molar-refractivity contribution in [1.29, 1.82) is 0 Å². The van der Waals surface area contributed by atoms with Gasteiger partial charge in [-0.05, 0) is 30.0 Å². The van der Waals surface area contributed by atoms with Crippen LogP contribution in [0.4, 0.5) is 0 Å². The number of hydrogen-bond donors (Lipinski definition) is 1. The Morgan fingerprint density at radius 2 is 2.00 bits per heavy atom. The van der Waals surface area contributed by atoms with E-state index in [4.69, 9.17) is 21.1 Å². The maximum atomic E-state index is 6.23. The SMILES string of the molecule is ClCc1c2c(cc3c1OCCO3)C1(CCCC1)CNC2. The lowest BCUT2D eigenvalue weighted by Crippen LogP contribution is -2.42. The van der Waals surface area contributed by atoms with Crippen LogP contribution in [0.3, 0.4) is 0 Å². The molecule has 1 saturated carbocycles. The molecule has 0 bridgehead atoms. The zero-order valence-corrected chi connectivity index (χ0v) is 12.4. The van der Waals surface area contributed by atoms with Gasteiger partial charge in [0, 0.05) is 24.1 Å². The third-order valence-electron chi connectivity index (χ3n) is 5.08. The second kappa shape index (κ2) is 4.81. The van der Waals surface area contributed by atoms with Crippen molar-refractivity contribution in [2.45, 2.75) is 43.5 Å². The minimum absolute atomic E-state index is 0.296. The molecule has 20 heavy (non-hydrogen) atoms. The Hall–Kier alpha value is -0.930. The fourth-order valence-electron chi connectivity index (χ4n) is 4.13. The lowest BCUT2D eigenvalue weighted by Gasteiger charge is -2.38. The van der Waals surface area contributed by atoms with Gasteiger partial charge in [0.1, 0.15) is 13.2 Å². The summed E-state index contributed by atoms with van der Waals surface area (Å²) in [6.45, 7) is 3.24. The summed E-state index contributed by atoms with van der Waals surface area (Å²) in [6, 6.07) is 2.24. The molecule has 3 aliphatic rings. The van der Waals surface area contributed by atoms with E-state index in [-0.39, 0.29) is 0 Å². The predicted octanol–water partition coefficient (Wildman–Crippen LogP) is 3.11. The molecule has 1 aliphatic carbocycles. The van der Waals surface area contributed by atoms with Gasteiger partial charge < -0.3 is 14.8 Å². The summed E-state index contributed by atoms with van der Waals surface area (Å²) in [5.74, 6) is 2.27. The highest BCUT2D eigenvalue weighted by Gasteiger charge is 2.41. The first kappa shape index (κ1) is 12.8. The van der Waals surface area contributed by atoms with Gasteiger partial charge in [0.25, 0.3) is 0 Å². The van der Waals surface area contributed by atoms with Gasteiger partial charge in [0.05, 0.1) is 5.88 Å². The third kappa shape index (κ3) is 1.76. The summed E-state index contributed by atoms with van der Waals surface area (Å²) in [6.07, 6.45) is 5.19. The smallest absolute Gasteiger partial charge is 0.166 e. The number of rotatable bonds is 1. The standard InChI is InChI=1S/C16H20ClNO2/c17-8-11-12-9-18-10-16(3-1-2-4-16)13(12)7-14-15(11)20-6-5-19-14/h7,18H,1-6,8-10H2. The monoisotopic (exact) mass is 293 g/mol. The van der Waals surface area contributed by atoms with Crippen molar-refractivity contribution in [3.63, 3.8) is 0 Å². The van der Waals surface area contributed by atoms with E-state index < -0.39 is 0 Å². The van der Waals surface area contributed by atoms with E-state index in [0.29, 0.717) is 24.5 Å². The summed E-state index contributed by atoms with van der Waals surface area (Å²) >= 11 is 6.23. The number of alkyl halides is 1. The number of ether oxygens (including phenoxy) is 2. The Morgan fingerprint density at radius 3 is 2.80 bits per heavy atom. The van der Waals surface area contributed by atoms with Gasteiger partial charge in [-0.25, -0.2) is 0 Å². The maximum Gasteiger partial charge on any atom is 0.166 e. The highest BCUT2D eigenvalue weighted by atomic mass is 35.5. The lowest BCUT2D eigenvalue weighted by molar-refractivity contribution is 0.169. The predicted molar refractivity (Wildman–Crippen MR) is 78.8 cm³/mol. The van der Waals surface area contributed by atoms with Crippen molar-refractivity contribution in [3.05, 3.63) is 22.8 Å². The molecule has 1 aromatic rings. The van der Waals surface area contributed by atoms with Gasteiger partial charge in [0.15, 0.2) is 11.5 Å². The van der Waals surface area contributed by atoms with Gasteiger partial charge in [0.2, 0.25) is 0 Å². The minimum atomic E-state index is 0.296. The molecular weight excluding hydrogens is 274 g/mol. The van der Waals surface area contributed by atoms with Crippen molar-refractivity contribution < 1.29 is 9.47 Å². The Morgan fingerprint density at radius 1 is 1.20 bits per heavy atom. The van der Waals surface area contributed by atoms with Gasteiger partial charge in [-0.3, -0.25) is 0 Å². The second-order valence-electron chi connectivity index (χ2n) is 6.13. The van der Waals surface area contributed by atoms with Crippen molar-refractivity contribution in [3.8, 4) is 11.5 Å². The zero-order valence-electron chi connectivity index (χ0n) is 11.6. The fourth-order valence-corrected chi connectivity index (χ4v) is 4.41. The van der Waals surface area contributed by atoms with Crippen LogP contribution >= 0.6 is 11.6 Å². The first-order chi connectivity index (χ1) is 9.84. The van der Waals surface area contributed by atoms with Crippen molar-refractivity contribution in [2.75, 3.05) is 19.8 Å². The minimum Gasteiger partial charge on any atom is -0.486 e. The molecule has 0 unspecified atom stereocenters. The Kier molecular flexibility index (Phi) is 3.08. The largest absolute Gasteiger partial charge is 0.486 e. The molecule has 2 heterocycles. The van der Waals surface area contributed by atoms with E-state index in [0.717, 1.165) is 30.2 Å². The third-order valence-corrected chi connectivity index (χ3v) is 5.35. The van der Waals surface area contributed by atoms with Gasteiger partial charge in [-0.1, -0.05) is 12.8 Å². The molecule has 0 saturated heterocycles. The Balaban J connectivity index is 1.92. The molecular formula is C16H20ClNO2. The van der Waals surface area contributed by atoms with Crippen LogP contribution in [0, 0.1) is 0 Å². The van der Waals surface area contributed by atoms with Crippen LogP contribution in [0.5, 0.6) is 11.5 Å². The van der Waals surface area contributed by atoms with Crippen LogP contribution in [-0.2, 0) is 17.8 Å². The molecule has 0 atom stereocenters. The molecule has 1 spiro atoms. The molecule has 1 fully saturated rings. The molecule has 0 aromatic heterocycles. The highest BCUT2D eigenvalue weighted by molar-refractivity contribution is 6.17. The summed E-state index contributed by atoms with van der Waals surface area (Å²) in [5.41, 5.74) is 4.26. The average molecular weight is 294 g/mol. The molecule has 4 rings (SSSR count). The quantitative estimate of drug-likeness (QED) is 0.807. The van der Waals surface area contributed by atoms with E-state index >= 15 is 0 Å². The summed E-state index contributed by atoms with van der Waals surface area (Å²) in [7, 11) is 0. The maximum absolute atomic E-state index is 6.23. The molecule has 0 radical (unpaired) electrons. The first-order valence-corrected chi connectivity index (χ1v) is 8.09. The van der Waals surface area contributed by atoms with Crippen LogP contribution in [0.1, 0.15) is 42.4 Å². The number of hydrogen-bond acceptors (Lipinski definition) is 3. The fraction of sp³-hybridized carbons (Fsp3) is 0.625. The number of halogens is 1. The Labute approximate surface area is 124 Å². The zero-order chi connectivity index (χ0) is 13.6. The van der Waals surface area contributed by atoms with Crippen LogP contribution in [-0.4, -0.2) is 19.8 Å². The first-order valence-electron chi connectivity index (χ1n) is 7.56. The number of fused-ring (bicyclic) bond motifs is 3. The summed E-state index contributed by atoms with van der Waals surface area (Å²) < 4.78 is 11.7. The molecule has 1 aromatic carbocycles. The number of benzene rings is 1. The molecule has 1 N–H and O–H groups in total. The van der Waals surface area contributed by atoms with Crippen LogP contribution in [0.2, 0.25) is 0 Å². The lowest BCUT2D eigenvalue weighted by atomic mass is 9.73. The van der Waals surface area contributed by atoms with E-state index in [1.807, 2.05) is 0 Å². The normalized spacial score (nSPS) is 22.9. The molecule has 3 nitrogen and oxygen atoms in total. The van der Waals surface area contributed by atoms with E-state index in [9.17, 15) is 0 Å². The second-order valence-corrected chi connectivity index (χ2v) is 6.40. The molecule has 2 aliphatic heterocycles. The van der Waals surface area contributed by atoms with Crippen molar-refractivity contribution in [2.24, 2.45) is 0 Å². The van der Waals surface area contributed by atoms with Crippen LogP contribution in [0.25, 0.3) is 0 Å². The van der Waals surface area contributed by atoms with Gasteiger partial charge >= 0.3 is 0 Å². The van der Waals surface area contributed by atoms with E-state index in [2.05, 4.69) is 11.4 Å². The topological polar surface area (TPSA) is 30.5 Å². The molecule has 4 heteroatoms. The van der Waals surface area contributed by atoms with Crippen molar-refractivity contribution >= 4 is 11.6 Å². The highest BCUT2D eigenvalue weighted by Crippen LogP contribution is 2.49. The van der Waals surface area contributed by atoms with Crippen LogP contribution in [0.15, 0.2) is 6.07 Å². The van der Waals surface area contributed by atoms with Crippen molar-refractivity contribution in [1.82, 2.24) is 5.32 Å². The summed E-state index contributed by atoms with van der Waals surface area (Å²) in [5, 5.41) is 3.60. The van der Waals surface area contributed by atoms with Crippen LogP contribution < -0.4 is 14.8 Å². The average Bonchev–Trinajstić information content (AvgIpc) is 2.95. The van der Waals surface area contributed by atoms with Gasteiger partial charge in [-0.2, -0.15) is 0 Å². The molecule has 0 amide bonds. The molecule has 108 valence electrons. The summed E-state index contributed by atoms with van der Waals surface area (Å²) in [4.78, 5) is 0. The van der Waals surface area contributed by atoms with Gasteiger partial charge in [-0.15, -0.1) is 11.6 Å². The van der Waals surface area contributed by atoms with E-state index in [1.54, 1.807) is 0 Å². The number of nitrogens with one attached hydrogen (secondary N) is 1.